The summed E-state index contributed by atoms with van der Waals surface area (Å²) in [7, 11) is 0. The highest BCUT2D eigenvalue weighted by Crippen LogP contribution is 2.40. The highest BCUT2D eigenvalue weighted by atomic mass is 19.4. The Hall–Kier alpha value is -2.30. The number of carbonyl (C=O) groups excluding carboxylic acids is 1. The summed E-state index contributed by atoms with van der Waals surface area (Å²) in [5.41, 5.74) is 7.83. The van der Waals surface area contributed by atoms with Crippen molar-refractivity contribution in [2.24, 2.45) is 17.6 Å². The number of fused-ring (bicyclic) bond motifs is 1. The zero-order chi connectivity index (χ0) is 21.7. The van der Waals surface area contributed by atoms with E-state index in [-0.39, 0.29) is 31.6 Å². The number of imidazole rings is 1. The van der Waals surface area contributed by atoms with Crippen molar-refractivity contribution < 1.29 is 26.7 Å². The predicted octanol–water partition coefficient (Wildman–Crippen LogP) is 3.16. The van der Waals surface area contributed by atoms with Crippen molar-refractivity contribution in [2.75, 3.05) is 0 Å². The van der Waals surface area contributed by atoms with Gasteiger partial charge in [-0.15, -0.1) is 0 Å². The number of hydrogen-bond donors (Lipinski definition) is 2. The minimum atomic E-state index is -4.47. The molecule has 0 bridgehead atoms. The van der Waals surface area contributed by atoms with E-state index in [1.807, 2.05) is 5.32 Å². The first-order valence-corrected chi connectivity index (χ1v) is 9.86. The molecule has 1 amide bonds. The summed E-state index contributed by atoms with van der Waals surface area (Å²) in [5, 5.41) is 6.20. The largest absolute Gasteiger partial charge is 0.408 e. The standard InChI is InChI=1S/C19H22F5N5O/c20-18(21)3-1-11(2-4-18)16(25)13-9-29-15(27-13)6-10(8-26-29)5-12-7-14(19(22,23)24)28-17(12)30/h6,8-9,11-12,14,16H,1-5,7,25H2,(H,28,30)/t12?,14-,16?/m0/s1. The van der Waals surface area contributed by atoms with Crippen LogP contribution in [-0.2, 0) is 11.2 Å². The number of hydrogen-bond acceptors (Lipinski definition) is 4. The van der Waals surface area contributed by atoms with Crippen LogP contribution in [0.3, 0.4) is 0 Å². The summed E-state index contributed by atoms with van der Waals surface area (Å²) in [6.45, 7) is 0. The molecule has 3 heterocycles. The molecule has 4 rings (SSSR count). The van der Waals surface area contributed by atoms with Crippen molar-refractivity contribution in [3.05, 3.63) is 29.7 Å². The SMILES string of the molecule is NC(c1cn2ncc(CC3C[C@@H](C(F)(F)F)NC3=O)cc2n1)C1CCC(F)(F)CC1. The zero-order valence-electron chi connectivity index (χ0n) is 16.0. The normalized spacial score (nSPS) is 26.1. The molecule has 1 aliphatic heterocycles. The van der Waals surface area contributed by atoms with E-state index < -0.39 is 36.0 Å². The maximum atomic E-state index is 13.4. The van der Waals surface area contributed by atoms with Gasteiger partial charge in [0, 0.05) is 18.8 Å². The summed E-state index contributed by atoms with van der Waals surface area (Å²) in [4.78, 5) is 16.3. The maximum Gasteiger partial charge on any atom is 0.408 e. The molecule has 1 saturated carbocycles. The monoisotopic (exact) mass is 431 g/mol. The van der Waals surface area contributed by atoms with E-state index >= 15 is 0 Å². The van der Waals surface area contributed by atoms with Gasteiger partial charge in [0.2, 0.25) is 11.8 Å². The van der Waals surface area contributed by atoms with E-state index in [4.69, 9.17) is 5.73 Å². The van der Waals surface area contributed by atoms with Crippen LogP contribution >= 0.6 is 0 Å². The van der Waals surface area contributed by atoms with Gasteiger partial charge in [0.1, 0.15) is 6.04 Å². The van der Waals surface area contributed by atoms with Crippen LogP contribution in [0.15, 0.2) is 18.5 Å². The number of carbonyl (C=O) groups is 1. The summed E-state index contributed by atoms with van der Waals surface area (Å²) >= 11 is 0. The Morgan fingerprint density at radius 1 is 1.30 bits per heavy atom. The third-order valence-corrected chi connectivity index (χ3v) is 6.09. The highest BCUT2D eigenvalue weighted by molar-refractivity contribution is 5.81. The average molecular weight is 431 g/mol. The lowest BCUT2D eigenvalue weighted by Crippen LogP contribution is -2.38. The van der Waals surface area contributed by atoms with Crippen LogP contribution in [0.1, 0.15) is 49.4 Å². The third kappa shape index (κ3) is 4.26. The number of nitrogens with one attached hydrogen (secondary N) is 1. The van der Waals surface area contributed by atoms with Crippen LogP contribution in [0, 0.1) is 11.8 Å². The van der Waals surface area contributed by atoms with Gasteiger partial charge in [-0.05, 0) is 43.2 Å². The van der Waals surface area contributed by atoms with Crippen molar-refractivity contribution >= 4 is 11.6 Å². The lowest BCUT2D eigenvalue weighted by atomic mass is 9.81. The smallest absolute Gasteiger partial charge is 0.344 e. The van der Waals surface area contributed by atoms with Gasteiger partial charge < -0.3 is 11.1 Å². The Labute approximate surface area is 169 Å². The van der Waals surface area contributed by atoms with Crippen molar-refractivity contribution in [3.63, 3.8) is 0 Å². The molecule has 0 spiro atoms. The van der Waals surface area contributed by atoms with Gasteiger partial charge in [-0.1, -0.05) is 0 Å². The highest BCUT2D eigenvalue weighted by Gasteiger charge is 2.47. The van der Waals surface area contributed by atoms with Crippen molar-refractivity contribution in [3.8, 4) is 0 Å². The Bertz CT molecular complexity index is 933. The summed E-state index contributed by atoms with van der Waals surface area (Å²) in [5.74, 6) is -4.15. The zero-order valence-corrected chi connectivity index (χ0v) is 16.0. The number of aromatic nitrogens is 3. The van der Waals surface area contributed by atoms with Crippen LogP contribution in [-0.4, -0.2) is 38.6 Å². The molecular formula is C19H22F5N5O. The molecule has 2 unspecified atom stereocenters. The van der Waals surface area contributed by atoms with Gasteiger partial charge in [-0.2, -0.15) is 18.3 Å². The molecule has 2 aromatic rings. The number of nitrogens with zero attached hydrogens (tertiary/aromatic N) is 3. The van der Waals surface area contributed by atoms with Crippen LogP contribution < -0.4 is 11.1 Å². The minimum absolute atomic E-state index is 0.101. The van der Waals surface area contributed by atoms with Crippen molar-refractivity contribution in [2.45, 2.75) is 62.7 Å². The molecular weight excluding hydrogens is 409 g/mol. The first-order valence-electron chi connectivity index (χ1n) is 9.86. The van der Waals surface area contributed by atoms with Gasteiger partial charge in [0.15, 0.2) is 5.65 Å². The van der Waals surface area contributed by atoms with Crippen LogP contribution in [0.25, 0.3) is 5.65 Å². The Balaban J connectivity index is 1.46. The molecule has 3 atom stereocenters. The molecule has 2 aliphatic rings. The van der Waals surface area contributed by atoms with Gasteiger partial charge >= 0.3 is 6.18 Å². The van der Waals surface area contributed by atoms with E-state index in [1.165, 1.54) is 10.7 Å². The topological polar surface area (TPSA) is 85.3 Å². The third-order valence-electron chi connectivity index (χ3n) is 6.09. The maximum absolute atomic E-state index is 13.4. The Kier molecular flexibility index (Phi) is 5.19. The van der Waals surface area contributed by atoms with E-state index in [2.05, 4.69) is 10.1 Å². The molecule has 11 heteroatoms. The molecule has 1 aliphatic carbocycles. The molecule has 0 aromatic carbocycles. The second kappa shape index (κ2) is 7.44. The van der Waals surface area contributed by atoms with E-state index in [9.17, 15) is 26.7 Å². The van der Waals surface area contributed by atoms with Gasteiger partial charge in [-0.3, -0.25) is 4.79 Å². The Morgan fingerprint density at radius 2 is 2.00 bits per heavy atom. The molecule has 0 radical (unpaired) electrons. The van der Waals surface area contributed by atoms with Crippen LogP contribution in [0.2, 0.25) is 0 Å². The quantitative estimate of drug-likeness (QED) is 0.729. The lowest BCUT2D eigenvalue weighted by molar-refractivity contribution is -0.154. The molecule has 6 nitrogen and oxygen atoms in total. The average Bonchev–Trinajstić information content (AvgIpc) is 3.24. The fourth-order valence-electron chi connectivity index (χ4n) is 4.29. The molecule has 164 valence electrons. The summed E-state index contributed by atoms with van der Waals surface area (Å²) in [6, 6.07) is -0.670. The van der Waals surface area contributed by atoms with Gasteiger partial charge in [0.25, 0.3) is 0 Å². The number of alkyl halides is 5. The number of amides is 1. The van der Waals surface area contributed by atoms with Crippen LogP contribution in [0.5, 0.6) is 0 Å². The van der Waals surface area contributed by atoms with Crippen LogP contribution in [0.4, 0.5) is 22.0 Å². The fraction of sp³-hybridized carbons (Fsp3) is 0.632. The second-order valence-electron chi connectivity index (χ2n) is 8.29. The second-order valence-corrected chi connectivity index (χ2v) is 8.29. The number of rotatable bonds is 4. The molecule has 30 heavy (non-hydrogen) atoms. The summed E-state index contributed by atoms with van der Waals surface area (Å²) in [6.07, 6.45) is -1.29. The molecule has 1 saturated heterocycles. The van der Waals surface area contributed by atoms with Crippen molar-refractivity contribution in [1.82, 2.24) is 19.9 Å². The predicted molar refractivity (Wildman–Crippen MR) is 96.6 cm³/mol. The molecule has 3 N–H and O–H groups in total. The van der Waals surface area contributed by atoms with Gasteiger partial charge in [-0.25, -0.2) is 18.3 Å². The van der Waals surface area contributed by atoms with E-state index in [0.717, 1.165) is 0 Å². The minimum Gasteiger partial charge on any atom is -0.344 e. The number of halogens is 5. The van der Waals surface area contributed by atoms with Gasteiger partial charge in [0.05, 0.1) is 24.1 Å². The number of nitrogens with two attached hydrogens (primary N) is 1. The van der Waals surface area contributed by atoms with E-state index in [0.29, 0.717) is 29.7 Å². The summed E-state index contributed by atoms with van der Waals surface area (Å²) < 4.78 is 66.8. The fourth-order valence-corrected chi connectivity index (χ4v) is 4.29. The lowest BCUT2D eigenvalue weighted by Gasteiger charge is -2.31. The van der Waals surface area contributed by atoms with E-state index in [1.54, 1.807) is 12.3 Å². The first-order chi connectivity index (χ1) is 14.0. The molecule has 2 aromatic heterocycles. The molecule has 2 fully saturated rings. The first kappa shape index (κ1) is 21.0. The Morgan fingerprint density at radius 3 is 2.63 bits per heavy atom. The van der Waals surface area contributed by atoms with Crippen molar-refractivity contribution in [1.29, 1.82) is 0 Å².